The van der Waals surface area contributed by atoms with Crippen LogP contribution in [0.1, 0.15) is 30.6 Å². The van der Waals surface area contributed by atoms with Crippen LogP contribution < -0.4 is 4.90 Å². The second kappa shape index (κ2) is 5.48. The molecule has 1 aliphatic heterocycles. The van der Waals surface area contributed by atoms with E-state index in [4.69, 9.17) is 5.11 Å². The minimum atomic E-state index is -1.07. The van der Waals surface area contributed by atoms with Crippen molar-refractivity contribution in [2.45, 2.75) is 20.3 Å². The van der Waals surface area contributed by atoms with Crippen molar-refractivity contribution in [3.63, 3.8) is 0 Å². The van der Waals surface area contributed by atoms with Gasteiger partial charge in [-0.3, -0.25) is 10.1 Å². The zero-order valence-corrected chi connectivity index (χ0v) is 11.6. The van der Waals surface area contributed by atoms with Crippen molar-refractivity contribution < 1.29 is 14.8 Å². The van der Waals surface area contributed by atoms with Crippen molar-refractivity contribution >= 4 is 17.3 Å². The van der Waals surface area contributed by atoms with Gasteiger partial charge in [0.25, 0.3) is 5.69 Å². The molecule has 20 heavy (non-hydrogen) atoms. The Kier molecular flexibility index (Phi) is 3.92. The lowest BCUT2D eigenvalue weighted by atomic mass is 9.88. The monoisotopic (exact) mass is 278 g/mol. The number of nitrogens with zero attached hydrogens (tertiary/aromatic N) is 2. The molecule has 1 saturated heterocycles. The van der Waals surface area contributed by atoms with Crippen molar-refractivity contribution in [1.82, 2.24) is 0 Å². The average Bonchev–Trinajstić information content (AvgIpc) is 2.41. The number of aromatic carboxylic acids is 1. The Morgan fingerprint density at radius 3 is 2.65 bits per heavy atom. The summed E-state index contributed by atoms with van der Waals surface area (Å²) in [5.41, 5.74) is 0.460. The third-order valence-corrected chi connectivity index (χ3v) is 4.09. The third-order valence-electron chi connectivity index (χ3n) is 4.09. The molecule has 1 aromatic rings. The molecular formula is C14H18N2O4. The van der Waals surface area contributed by atoms with E-state index in [0.29, 0.717) is 24.1 Å². The first-order valence-corrected chi connectivity index (χ1v) is 6.67. The highest BCUT2D eigenvalue weighted by atomic mass is 16.6. The molecule has 2 rings (SSSR count). The molecule has 1 N–H and O–H groups in total. The lowest BCUT2D eigenvalue weighted by molar-refractivity contribution is -0.384. The number of rotatable bonds is 3. The van der Waals surface area contributed by atoms with Gasteiger partial charge in [0.1, 0.15) is 5.69 Å². The fraction of sp³-hybridized carbons (Fsp3) is 0.500. The lowest BCUT2D eigenvalue weighted by Crippen LogP contribution is -2.38. The van der Waals surface area contributed by atoms with Gasteiger partial charge in [-0.05, 0) is 30.4 Å². The summed E-state index contributed by atoms with van der Waals surface area (Å²) in [7, 11) is 0. The summed E-state index contributed by atoms with van der Waals surface area (Å²) in [5, 5.41) is 20.2. The van der Waals surface area contributed by atoms with Crippen molar-refractivity contribution in [2.75, 3.05) is 18.0 Å². The van der Waals surface area contributed by atoms with Crippen LogP contribution in [-0.2, 0) is 0 Å². The number of piperidine rings is 1. The molecule has 0 amide bonds. The smallest absolute Gasteiger partial charge is 0.335 e. The Morgan fingerprint density at radius 1 is 1.40 bits per heavy atom. The van der Waals surface area contributed by atoms with E-state index < -0.39 is 10.9 Å². The molecule has 6 heteroatoms. The lowest BCUT2D eigenvalue weighted by Gasteiger charge is -2.36. The van der Waals surface area contributed by atoms with E-state index in [-0.39, 0.29) is 11.3 Å². The quantitative estimate of drug-likeness (QED) is 0.679. The predicted molar refractivity (Wildman–Crippen MR) is 75.2 cm³/mol. The van der Waals surface area contributed by atoms with Crippen molar-refractivity contribution in [3.05, 3.63) is 33.9 Å². The highest BCUT2D eigenvalue weighted by Crippen LogP contribution is 2.34. The van der Waals surface area contributed by atoms with Crippen molar-refractivity contribution in [3.8, 4) is 0 Å². The van der Waals surface area contributed by atoms with Gasteiger partial charge in [0.2, 0.25) is 0 Å². The van der Waals surface area contributed by atoms with Crippen LogP contribution in [-0.4, -0.2) is 29.1 Å². The summed E-state index contributed by atoms with van der Waals surface area (Å²) < 4.78 is 0. The van der Waals surface area contributed by atoms with Gasteiger partial charge in [-0.25, -0.2) is 4.79 Å². The molecular weight excluding hydrogens is 260 g/mol. The molecule has 0 spiro atoms. The van der Waals surface area contributed by atoms with Gasteiger partial charge < -0.3 is 10.0 Å². The molecule has 0 bridgehead atoms. The number of carboxylic acids is 1. The van der Waals surface area contributed by atoms with Crippen LogP contribution in [0.4, 0.5) is 11.4 Å². The Hall–Kier alpha value is -2.11. The van der Waals surface area contributed by atoms with E-state index in [1.807, 2.05) is 4.90 Å². The maximum Gasteiger partial charge on any atom is 0.335 e. The Labute approximate surface area is 117 Å². The van der Waals surface area contributed by atoms with Gasteiger partial charge in [-0.1, -0.05) is 13.8 Å². The van der Waals surface area contributed by atoms with Gasteiger partial charge in [-0.15, -0.1) is 0 Å². The number of nitro groups is 1. The zero-order chi connectivity index (χ0) is 14.9. The average molecular weight is 278 g/mol. The topological polar surface area (TPSA) is 83.7 Å². The maximum absolute atomic E-state index is 11.1. The number of carboxylic acid groups (broad SMARTS) is 1. The van der Waals surface area contributed by atoms with E-state index in [1.54, 1.807) is 0 Å². The van der Waals surface area contributed by atoms with Gasteiger partial charge >= 0.3 is 5.97 Å². The van der Waals surface area contributed by atoms with E-state index in [0.717, 1.165) is 13.0 Å². The molecule has 1 heterocycles. The molecule has 108 valence electrons. The van der Waals surface area contributed by atoms with Crippen LogP contribution in [0, 0.1) is 22.0 Å². The summed E-state index contributed by atoms with van der Waals surface area (Å²) in [6.45, 7) is 5.72. The van der Waals surface area contributed by atoms with Gasteiger partial charge in [0, 0.05) is 19.2 Å². The molecule has 0 radical (unpaired) electrons. The highest BCUT2D eigenvalue weighted by molar-refractivity contribution is 5.90. The second-order valence-electron chi connectivity index (χ2n) is 5.46. The minimum absolute atomic E-state index is 0.0308. The van der Waals surface area contributed by atoms with E-state index in [1.165, 1.54) is 18.2 Å². The molecule has 1 fully saturated rings. The normalized spacial score (nSPS) is 22.6. The van der Waals surface area contributed by atoms with Crippen LogP contribution in [0.2, 0.25) is 0 Å². The first-order chi connectivity index (χ1) is 9.40. The van der Waals surface area contributed by atoms with Crippen molar-refractivity contribution in [1.29, 1.82) is 0 Å². The summed E-state index contributed by atoms with van der Waals surface area (Å²) in [6, 6.07) is 3.96. The SMILES string of the molecule is CC1CCN(c2cc(C(=O)O)ccc2[N+](=O)[O-])CC1C. The van der Waals surface area contributed by atoms with Crippen LogP contribution >= 0.6 is 0 Å². The predicted octanol–water partition coefficient (Wildman–Crippen LogP) is 2.78. The number of benzene rings is 1. The van der Waals surface area contributed by atoms with Crippen LogP contribution in [0.25, 0.3) is 0 Å². The molecule has 1 aromatic carbocycles. The summed E-state index contributed by atoms with van der Waals surface area (Å²) in [6.07, 6.45) is 0.954. The largest absolute Gasteiger partial charge is 0.478 e. The second-order valence-corrected chi connectivity index (χ2v) is 5.46. The molecule has 0 aromatic heterocycles. The van der Waals surface area contributed by atoms with Crippen LogP contribution in [0.15, 0.2) is 18.2 Å². The number of anilines is 1. The summed E-state index contributed by atoms with van der Waals surface area (Å²) in [5.74, 6) is -0.0654. The number of hydrogen-bond donors (Lipinski definition) is 1. The molecule has 2 unspecified atom stereocenters. The van der Waals surface area contributed by atoms with Crippen LogP contribution in [0.5, 0.6) is 0 Å². The molecule has 0 saturated carbocycles. The zero-order valence-electron chi connectivity index (χ0n) is 11.6. The Morgan fingerprint density at radius 2 is 2.10 bits per heavy atom. The van der Waals surface area contributed by atoms with E-state index >= 15 is 0 Å². The van der Waals surface area contributed by atoms with E-state index in [2.05, 4.69) is 13.8 Å². The first-order valence-electron chi connectivity index (χ1n) is 6.67. The molecule has 2 atom stereocenters. The van der Waals surface area contributed by atoms with Gasteiger partial charge in [0.15, 0.2) is 0 Å². The first kappa shape index (κ1) is 14.3. The fourth-order valence-electron chi connectivity index (χ4n) is 2.55. The van der Waals surface area contributed by atoms with E-state index in [9.17, 15) is 14.9 Å². The highest BCUT2D eigenvalue weighted by Gasteiger charge is 2.28. The Bertz CT molecular complexity index is 544. The van der Waals surface area contributed by atoms with Crippen LogP contribution in [0.3, 0.4) is 0 Å². The van der Waals surface area contributed by atoms with Gasteiger partial charge in [-0.2, -0.15) is 0 Å². The van der Waals surface area contributed by atoms with Gasteiger partial charge in [0.05, 0.1) is 10.5 Å². The third kappa shape index (κ3) is 2.74. The molecule has 0 aliphatic carbocycles. The maximum atomic E-state index is 11.1. The van der Waals surface area contributed by atoms with Crippen molar-refractivity contribution in [2.24, 2.45) is 11.8 Å². The molecule has 6 nitrogen and oxygen atoms in total. The number of nitro benzene ring substituents is 1. The summed E-state index contributed by atoms with van der Waals surface area (Å²) >= 11 is 0. The minimum Gasteiger partial charge on any atom is -0.478 e. The standard InChI is InChI=1S/C14H18N2O4/c1-9-5-6-15(8-10(9)2)13-7-11(14(17)18)3-4-12(13)16(19)20/h3-4,7,9-10H,5-6,8H2,1-2H3,(H,17,18). The Balaban J connectivity index is 2.39. The summed E-state index contributed by atoms with van der Waals surface area (Å²) in [4.78, 5) is 23.6. The fourth-order valence-corrected chi connectivity index (χ4v) is 2.55. The molecule has 1 aliphatic rings. The number of carbonyl (C=O) groups is 1. The number of hydrogen-bond acceptors (Lipinski definition) is 4.